The molecule has 4 rings (SSSR count). The van der Waals surface area contributed by atoms with Gasteiger partial charge in [-0.15, -0.1) is 0 Å². The number of nitrogens with zero attached hydrogens (tertiary/aromatic N) is 3. The number of carbonyl (C=O) groups is 2. The van der Waals surface area contributed by atoms with Crippen LogP contribution in [0.25, 0.3) is 11.3 Å². The molecule has 1 atom stereocenters. The number of nitriles is 1. The fourth-order valence-corrected chi connectivity index (χ4v) is 3.82. The van der Waals surface area contributed by atoms with Crippen LogP contribution in [0.5, 0.6) is 0 Å². The number of hydrogen-bond donors (Lipinski definition) is 0. The fraction of sp³-hybridized carbons (Fsp3) is 0.455. The molecule has 0 radical (unpaired) electrons. The predicted octanol–water partition coefficient (Wildman–Crippen LogP) is 4.02. The topological polar surface area (TPSA) is 85.0 Å². The van der Waals surface area contributed by atoms with E-state index in [1.54, 1.807) is 12.1 Å². The molecule has 0 amide bonds. The number of esters is 1. The zero-order chi connectivity index (χ0) is 19.8. The van der Waals surface area contributed by atoms with Crippen molar-refractivity contribution in [2.45, 2.75) is 51.5 Å². The first-order chi connectivity index (χ1) is 13.5. The summed E-state index contributed by atoms with van der Waals surface area (Å²) in [6.07, 6.45) is 2.85. The zero-order valence-electron chi connectivity index (χ0n) is 16.1. The molecule has 6 heteroatoms. The minimum Gasteiger partial charge on any atom is -0.465 e. The maximum Gasteiger partial charge on any atom is 0.309 e. The Kier molecular flexibility index (Phi) is 4.76. The molecule has 1 saturated heterocycles. The Bertz CT molecular complexity index is 962. The van der Waals surface area contributed by atoms with E-state index in [1.165, 1.54) is 0 Å². The molecule has 0 N–H and O–H groups in total. The van der Waals surface area contributed by atoms with Crippen LogP contribution < -0.4 is 0 Å². The van der Waals surface area contributed by atoms with E-state index >= 15 is 0 Å². The Labute approximate surface area is 164 Å². The minimum atomic E-state index is -0.353. The molecule has 0 spiro atoms. The van der Waals surface area contributed by atoms with E-state index in [2.05, 4.69) is 6.07 Å². The molecule has 1 aromatic heterocycles. The van der Waals surface area contributed by atoms with E-state index in [1.807, 2.05) is 30.7 Å². The van der Waals surface area contributed by atoms with E-state index in [4.69, 9.17) is 15.1 Å². The monoisotopic (exact) mass is 377 g/mol. The molecule has 144 valence electrons. The summed E-state index contributed by atoms with van der Waals surface area (Å²) in [4.78, 5) is 25.1. The third kappa shape index (κ3) is 3.33. The molecule has 1 aromatic carbocycles. The molecule has 2 fully saturated rings. The summed E-state index contributed by atoms with van der Waals surface area (Å²) in [5, 5.41) is 13.9. The van der Waals surface area contributed by atoms with Crippen LogP contribution in [0.1, 0.15) is 73.1 Å². The third-order valence-electron chi connectivity index (χ3n) is 5.45. The Morgan fingerprint density at radius 1 is 1.29 bits per heavy atom. The van der Waals surface area contributed by atoms with Gasteiger partial charge in [0, 0.05) is 23.6 Å². The first-order valence-electron chi connectivity index (χ1n) is 9.82. The van der Waals surface area contributed by atoms with Gasteiger partial charge in [0.1, 0.15) is 5.69 Å². The molecule has 1 saturated carbocycles. The highest BCUT2D eigenvalue weighted by molar-refractivity contribution is 6.00. The number of cyclic esters (lactones) is 1. The van der Waals surface area contributed by atoms with Gasteiger partial charge in [-0.2, -0.15) is 10.4 Å². The van der Waals surface area contributed by atoms with Gasteiger partial charge in [0.05, 0.1) is 29.9 Å². The van der Waals surface area contributed by atoms with Crippen molar-refractivity contribution in [1.82, 2.24) is 9.78 Å². The second kappa shape index (κ2) is 7.23. The van der Waals surface area contributed by atoms with Crippen LogP contribution in [0.3, 0.4) is 0 Å². The molecular formula is C22H23N3O3. The van der Waals surface area contributed by atoms with Gasteiger partial charge < -0.3 is 4.74 Å². The molecule has 28 heavy (non-hydrogen) atoms. The van der Waals surface area contributed by atoms with Crippen molar-refractivity contribution in [2.24, 2.45) is 5.92 Å². The number of ether oxygens (including phenoxy) is 1. The normalized spacial score (nSPS) is 18.9. The number of ketones is 1. The average Bonchev–Trinajstić information content (AvgIpc) is 3.33. The largest absolute Gasteiger partial charge is 0.465 e. The van der Waals surface area contributed by atoms with Crippen molar-refractivity contribution in [3.63, 3.8) is 0 Å². The quantitative estimate of drug-likeness (QED) is 0.561. The van der Waals surface area contributed by atoms with E-state index in [9.17, 15) is 9.59 Å². The van der Waals surface area contributed by atoms with Crippen LogP contribution in [-0.4, -0.2) is 28.1 Å². The van der Waals surface area contributed by atoms with Crippen LogP contribution in [0.4, 0.5) is 0 Å². The first-order valence-corrected chi connectivity index (χ1v) is 9.82. The lowest BCUT2D eigenvalue weighted by Crippen LogP contribution is -2.19. The van der Waals surface area contributed by atoms with Crippen molar-refractivity contribution in [1.29, 1.82) is 5.26 Å². The van der Waals surface area contributed by atoms with Crippen LogP contribution in [-0.2, 0) is 9.53 Å². The van der Waals surface area contributed by atoms with Gasteiger partial charge in [-0.25, -0.2) is 0 Å². The summed E-state index contributed by atoms with van der Waals surface area (Å²) in [5.74, 6) is -0.336. The summed E-state index contributed by atoms with van der Waals surface area (Å²) in [6, 6.07) is 9.48. The molecule has 1 aliphatic carbocycles. The zero-order valence-corrected chi connectivity index (χ0v) is 16.1. The second-order valence-corrected chi connectivity index (χ2v) is 7.89. The van der Waals surface area contributed by atoms with E-state index < -0.39 is 0 Å². The molecule has 2 aliphatic rings. The lowest BCUT2D eigenvalue weighted by Gasteiger charge is -2.13. The lowest BCUT2D eigenvalue weighted by atomic mass is 9.94. The molecule has 0 unspecified atom stereocenters. The van der Waals surface area contributed by atoms with Crippen LogP contribution in [0, 0.1) is 17.2 Å². The molecule has 1 aliphatic heterocycles. The number of aromatic nitrogens is 2. The second-order valence-electron chi connectivity index (χ2n) is 7.89. The van der Waals surface area contributed by atoms with Gasteiger partial charge in [0.15, 0.2) is 5.78 Å². The Morgan fingerprint density at radius 2 is 2.00 bits per heavy atom. The van der Waals surface area contributed by atoms with Crippen molar-refractivity contribution in [2.75, 3.05) is 6.61 Å². The van der Waals surface area contributed by atoms with Gasteiger partial charge in [-0.05, 0) is 51.2 Å². The number of benzene rings is 1. The Morgan fingerprint density at radius 3 is 2.54 bits per heavy atom. The van der Waals surface area contributed by atoms with Gasteiger partial charge in [0.2, 0.25) is 0 Å². The van der Waals surface area contributed by atoms with Gasteiger partial charge in [-0.1, -0.05) is 12.1 Å². The molecule has 2 aromatic rings. The number of rotatable bonds is 6. The van der Waals surface area contributed by atoms with E-state index in [0.717, 1.165) is 29.7 Å². The van der Waals surface area contributed by atoms with Crippen LogP contribution in [0.15, 0.2) is 24.3 Å². The highest BCUT2D eigenvalue weighted by Crippen LogP contribution is 2.47. The van der Waals surface area contributed by atoms with Crippen molar-refractivity contribution in [3.8, 4) is 17.3 Å². The molecule has 2 heterocycles. The summed E-state index contributed by atoms with van der Waals surface area (Å²) >= 11 is 0. The van der Waals surface area contributed by atoms with Crippen molar-refractivity contribution in [3.05, 3.63) is 41.1 Å². The first kappa shape index (κ1) is 18.4. The Hall–Kier alpha value is -2.94. The maximum atomic E-state index is 13.3. The van der Waals surface area contributed by atoms with E-state index in [-0.39, 0.29) is 30.1 Å². The van der Waals surface area contributed by atoms with Gasteiger partial charge in [0.25, 0.3) is 0 Å². The minimum absolute atomic E-state index is 0.0270. The smallest absolute Gasteiger partial charge is 0.309 e. The average molecular weight is 377 g/mol. The van der Waals surface area contributed by atoms with Crippen molar-refractivity contribution < 1.29 is 14.3 Å². The SMILES string of the molecule is CC(C)n1nc(-c2ccc(C#N)cc2)c(C2CC2)c1C(=O)C[C@H]1CCOC1=O. The summed E-state index contributed by atoms with van der Waals surface area (Å²) in [7, 11) is 0. The van der Waals surface area contributed by atoms with E-state index in [0.29, 0.717) is 30.2 Å². The van der Waals surface area contributed by atoms with Gasteiger partial charge in [-0.3, -0.25) is 14.3 Å². The summed E-state index contributed by atoms with van der Waals surface area (Å²) in [5.41, 5.74) is 3.95. The van der Waals surface area contributed by atoms with Crippen LogP contribution >= 0.6 is 0 Å². The molecule has 6 nitrogen and oxygen atoms in total. The highest BCUT2D eigenvalue weighted by atomic mass is 16.5. The maximum absolute atomic E-state index is 13.3. The summed E-state index contributed by atoms with van der Waals surface area (Å²) < 4.78 is 6.84. The highest BCUT2D eigenvalue weighted by Gasteiger charge is 2.38. The number of carbonyl (C=O) groups excluding carboxylic acids is 2. The van der Waals surface area contributed by atoms with Crippen molar-refractivity contribution >= 4 is 11.8 Å². The fourth-order valence-electron chi connectivity index (χ4n) is 3.82. The lowest BCUT2D eigenvalue weighted by molar-refractivity contribution is -0.141. The standard InChI is InChI=1S/C22H23N3O3/c1-13(2)25-21(18(26)11-17-9-10-28-22(17)27)19(15-7-8-15)20(24-25)16-5-3-14(12-23)4-6-16/h3-6,13,15,17H,7-11H2,1-2H3/t17-/m1/s1. The third-order valence-corrected chi connectivity index (χ3v) is 5.45. The molecule has 0 bridgehead atoms. The number of hydrogen-bond acceptors (Lipinski definition) is 5. The number of Topliss-reactive ketones (excluding diaryl/α,β-unsaturated/α-hetero) is 1. The van der Waals surface area contributed by atoms with Crippen LogP contribution in [0.2, 0.25) is 0 Å². The summed E-state index contributed by atoms with van der Waals surface area (Å²) in [6.45, 7) is 4.41. The predicted molar refractivity (Wildman–Crippen MR) is 103 cm³/mol. The molecular weight excluding hydrogens is 354 g/mol. The van der Waals surface area contributed by atoms with Gasteiger partial charge >= 0.3 is 5.97 Å². The Balaban J connectivity index is 1.78.